The monoisotopic (exact) mass is 428 g/mol. The van der Waals surface area contributed by atoms with Crippen molar-refractivity contribution in [3.05, 3.63) is 89.6 Å². The molecule has 4 aromatic rings. The second-order valence-corrected chi connectivity index (χ2v) is 7.61. The number of pyridine rings is 1. The minimum absolute atomic E-state index is 0.309. The molecule has 0 spiro atoms. The molecule has 0 bridgehead atoms. The summed E-state index contributed by atoms with van der Waals surface area (Å²) in [6.45, 7) is 4.03. The van der Waals surface area contributed by atoms with E-state index in [-0.39, 0.29) is 0 Å². The van der Waals surface area contributed by atoms with Crippen LogP contribution in [0.15, 0.2) is 72.9 Å². The average Bonchev–Trinajstić information content (AvgIpc) is 3.16. The van der Waals surface area contributed by atoms with Gasteiger partial charge >= 0.3 is 5.97 Å². The molecule has 0 radical (unpaired) electrons. The standard InChI is InChI=1S/C25H24N4O3/c1-16-9-6-7-12-19(16)21-23(26-15-18-10-4-3-5-11-18)29-14-8-13-20(22(29)28-21)24(30)27-17(2)25(31)32/h3-14,17,26H,15H2,1-2H3,(H,27,30)(H,31,32). The van der Waals surface area contributed by atoms with Crippen molar-refractivity contribution in [3.8, 4) is 11.3 Å². The van der Waals surface area contributed by atoms with Crippen molar-refractivity contribution in [2.45, 2.75) is 26.4 Å². The number of hydrogen-bond acceptors (Lipinski definition) is 4. The summed E-state index contributed by atoms with van der Waals surface area (Å²) >= 11 is 0. The van der Waals surface area contributed by atoms with E-state index in [1.807, 2.05) is 72.1 Å². The number of carboxylic acids is 1. The van der Waals surface area contributed by atoms with Crippen LogP contribution in [0.25, 0.3) is 16.9 Å². The predicted molar refractivity (Wildman–Crippen MR) is 124 cm³/mol. The lowest BCUT2D eigenvalue weighted by Crippen LogP contribution is -2.38. The van der Waals surface area contributed by atoms with Crippen LogP contribution in [0.2, 0.25) is 0 Å². The third kappa shape index (κ3) is 4.18. The molecule has 0 aliphatic rings. The van der Waals surface area contributed by atoms with Gasteiger partial charge in [0.1, 0.15) is 17.6 Å². The number of aromatic nitrogens is 2. The average molecular weight is 428 g/mol. The summed E-state index contributed by atoms with van der Waals surface area (Å²) in [4.78, 5) is 28.8. The molecule has 0 aliphatic carbocycles. The molecule has 2 aromatic carbocycles. The Morgan fingerprint density at radius 1 is 1.03 bits per heavy atom. The maximum atomic E-state index is 12.8. The van der Waals surface area contributed by atoms with Crippen molar-refractivity contribution < 1.29 is 14.7 Å². The fraction of sp³-hybridized carbons (Fsp3) is 0.160. The maximum Gasteiger partial charge on any atom is 0.325 e. The van der Waals surface area contributed by atoms with E-state index in [0.717, 1.165) is 28.2 Å². The summed E-state index contributed by atoms with van der Waals surface area (Å²) in [7, 11) is 0. The van der Waals surface area contributed by atoms with Gasteiger partial charge in [0.2, 0.25) is 0 Å². The fourth-order valence-electron chi connectivity index (χ4n) is 3.56. The van der Waals surface area contributed by atoms with E-state index in [1.165, 1.54) is 6.92 Å². The van der Waals surface area contributed by atoms with Gasteiger partial charge in [0.15, 0.2) is 5.65 Å². The van der Waals surface area contributed by atoms with Gasteiger partial charge in [-0.05, 0) is 37.1 Å². The molecule has 1 amide bonds. The molecule has 162 valence electrons. The molecular formula is C25H24N4O3. The summed E-state index contributed by atoms with van der Waals surface area (Å²) in [5.74, 6) is -0.819. The summed E-state index contributed by atoms with van der Waals surface area (Å²) in [5.41, 5.74) is 4.62. The van der Waals surface area contributed by atoms with Crippen molar-refractivity contribution in [3.63, 3.8) is 0 Å². The molecule has 2 aromatic heterocycles. The molecule has 0 saturated heterocycles. The van der Waals surface area contributed by atoms with Gasteiger partial charge in [0.25, 0.3) is 5.91 Å². The van der Waals surface area contributed by atoms with Crippen molar-refractivity contribution in [1.82, 2.24) is 14.7 Å². The Kier molecular flexibility index (Phi) is 5.89. The largest absolute Gasteiger partial charge is 0.480 e. The second-order valence-electron chi connectivity index (χ2n) is 7.61. The Morgan fingerprint density at radius 2 is 1.75 bits per heavy atom. The smallest absolute Gasteiger partial charge is 0.325 e. The van der Waals surface area contributed by atoms with Gasteiger partial charge in [0, 0.05) is 18.3 Å². The van der Waals surface area contributed by atoms with Gasteiger partial charge in [-0.3, -0.25) is 14.0 Å². The molecule has 1 atom stereocenters. The first kappa shape index (κ1) is 21.1. The minimum atomic E-state index is -1.10. The molecule has 32 heavy (non-hydrogen) atoms. The molecule has 4 rings (SSSR count). The maximum absolute atomic E-state index is 12.8. The Balaban J connectivity index is 1.82. The van der Waals surface area contributed by atoms with E-state index < -0.39 is 17.9 Å². The van der Waals surface area contributed by atoms with E-state index in [0.29, 0.717) is 17.8 Å². The molecular weight excluding hydrogens is 404 g/mol. The lowest BCUT2D eigenvalue weighted by molar-refractivity contribution is -0.138. The van der Waals surface area contributed by atoms with Crippen molar-refractivity contribution in [2.24, 2.45) is 0 Å². The highest BCUT2D eigenvalue weighted by Gasteiger charge is 2.22. The van der Waals surface area contributed by atoms with Crippen LogP contribution >= 0.6 is 0 Å². The van der Waals surface area contributed by atoms with Crippen LogP contribution in [-0.2, 0) is 11.3 Å². The first-order chi connectivity index (χ1) is 15.5. The van der Waals surface area contributed by atoms with E-state index in [1.54, 1.807) is 12.1 Å². The quantitative estimate of drug-likeness (QED) is 0.411. The molecule has 2 heterocycles. The lowest BCUT2D eigenvalue weighted by Gasteiger charge is -2.11. The highest BCUT2D eigenvalue weighted by atomic mass is 16.4. The molecule has 0 aliphatic heterocycles. The molecule has 0 saturated carbocycles. The van der Waals surface area contributed by atoms with Gasteiger partial charge in [-0.15, -0.1) is 0 Å². The first-order valence-corrected chi connectivity index (χ1v) is 10.3. The summed E-state index contributed by atoms with van der Waals surface area (Å²) in [6.07, 6.45) is 1.84. The number of aliphatic carboxylic acids is 1. The van der Waals surface area contributed by atoms with Crippen molar-refractivity contribution in [1.29, 1.82) is 0 Å². The minimum Gasteiger partial charge on any atom is -0.480 e. The number of hydrogen-bond donors (Lipinski definition) is 3. The first-order valence-electron chi connectivity index (χ1n) is 10.3. The van der Waals surface area contributed by atoms with Crippen molar-refractivity contribution >= 4 is 23.3 Å². The van der Waals surface area contributed by atoms with Gasteiger partial charge in [0.05, 0.1) is 5.56 Å². The highest BCUT2D eigenvalue weighted by Crippen LogP contribution is 2.32. The van der Waals surface area contributed by atoms with Crippen LogP contribution in [0.1, 0.15) is 28.4 Å². The number of anilines is 1. The van der Waals surface area contributed by atoms with Crippen LogP contribution in [0, 0.1) is 6.92 Å². The summed E-state index contributed by atoms with van der Waals surface area (Å²) in [6, 6.07) is 20.3. The number of nitrogens with one attached hydrogen (secondary N) is 2. The third-order valence-corrected chi connectivity index (χ3v) is 5.32. The zero-order valence-corrected chi connectivity index (χ0v) is 17.9. The fourth-order valence-corrected chi connectivity index (χ4v) is 3.56. The molecule has 0 fully saturated rings. The molecule has 7 heteroatoms. The van der Waals surface area contributed by atoms with Crippen LogP contribution in [0.4, 0.5) is 5.82 Å². The number of nitrogens with zero attached hydrogens (tertiary/aromatic N) is 2. The normalized spacial score (nSPS) is 11.8. The number of carboxylic acid groups (broad SMARTS) is 1. The molecule has 3 N–H and O–H groups in total. The topological polar surface area (TPSA) is 95.7 Å². The van der Waals surface area contributed by atoms with Gasteiger partial charge in [-0.1, -0.05) is 54.6 Å². The number of rotatable bonds is 7. The number of benzene rings is 2. The number of carbonyl (C=O) groups excluding carboxylic acids is 1. The Morgan fingerprint density at radius 3 is 2.47 bits per heavy atom. The number of fused-ring (bicyclic) bond motifs is 1. The molecule has 1 unspecified atom stereocenters. The van der Waals surface area contributed by atoms with Crippen LogP contribution in [0.3, 0.4) is 0 Å². The number of aryl methyl sites for hydroxylation is 1. The van der Waals surface area contributed by atoms with Gasteiger partial charge in [-0.2, -0.15) is 0 Å². The third-order valence-electron chi connectivity index (χ3n) is 5.32. The second kappa shape index (κ2) is 8.93. The lowest BCUT2D eigenvalue weighted by atomic mass is 10.1. The molecule has 7 nitrogen and oxygen atoms in total. The van der Waals surface area contributed by atoms with E-state index >= 15 is 0 Å². The van der Waals surface area contributed by atoms with E-state index in [4.69, 9.17) is 10.1 Å². The SMILES string of the molecule is Cc1ccccc1-c1nc2c(C(=O)NC(C)C(=O)O)cccn2c1NCc1ccccc1. The number of imidazole rings is 1. The summed E-state index contributed by atoms with van der Waals surface area (Å²) in [5, 5.41) is 15.1. The predicted octanol–water partition coefficient (Wildman–Crippen LogP) is 4.12. The highest BCUT2D eigenvalue weighted by molar-refractivity contribution is 6.02. The summed E-state index contributed by atoms with van der Waals surface area (Å²) < 4.78 is 1.84. The number of carbonyl (C=O) groups is 2. The van der Waals surface area contributed by atoms with Crippen LogP contribution < -0.4 is 10.6 Å². The van der Waals surface area contributed by atoms with E-state index in [2.05, 4.69) is 10.6 Å². The Labute approximate surface area is 185 Å². The zero-order valence-electron chi connectivity index (χ0n) is 17.9. The Hall–Kier alpha value is -4.13. The number of amides is 1. The van der Waals surface area contributed by atoms with Gasteiger partial charge in [-0.25, -0.2) is 4.98 Å². The van der Waals surface area contributed by atoms with Gasteiger partial charge < -0.3 is 15.7 Å². The van der Waals surface area contributed by atoms with Crippen LogP contribution in [0.5, 0.6) is 0 Å². The zero-order chi connectivity index (χ0) is 22.7. The van der Waals surface area contributed by atoms with Crippen molar-refractivity contribution in [2.75, 3.05) is 5.32 Å². The van der Waals surface area contributed by atoms with Crippen LogP contribution in [-0.4, -0.2) is 32.4 Å². The van der Waals surface area contributed by atoms with E-state index in [9.17, 15) is 9.59 Å². The Bertz CT molecular complexity index is 1280.